The molecule has 4 N–H and O–H groups in total. The van der Waals surface area contributed by atoms with Gasteiger partial charge in [-0.3, -0.25) is 0 Å². The molecule has 0 fully saturated rings. The molecular formula is C9H17N5O3S. The van der Waals surface area contributed by atoms with Crippen molar-refractivity contribution in [2.24, 2.45) is 16.8 Å². The van der Waals surface area contributed by atoms with Gasteiger partial charge in [0.15, 0.2) is 5.03 Å². The highest BCUT2D eigenvalue weighted by Crippen LogP contribution is 2.14. The van der Waals surface area contributed by atoms with E-state index in [4.69, 9.17) is 10.9 Å². The van der Waals surface area contributed by atoms with Gasteiger partial charge < -0.3 is 15.9 Å². The lowest BCUT2D eigenvalue weighted by atomic mass is 10.1. The number of amidine groups is 1. The van der Waals surface area contributed by atoms with Crippen molar-refractivity contribution in [3.8, 4) is 0 Å². The Kier molecular flexibility index (Phi) is 4.68. The third-order valence-electron chi connectivity index (χ3n) is 2.54. The Balaban J connectivity index is 2.91. The first-order chi connectivity index (χ1) is 8.43. The molecule has 102 valence electrons. The molecule has 1 aromatic rings. The van der Waals surface area contributed by atoms with Gasteiger partial charge in [0, 0.05) is 19.0 Å². The maximum absolute atomic E-state index is 12.2. The zero-order valence-corrected chi connectivity index (χ0v) is 11.1. The zero-order chi connectivity index (χ0) is 13.8. The Morgan fingerprint density at radius 3 is 2.83 bits per heavy atom. The van der Waals surface area contributed by atoms with E-state index in [-0.39, 0.29) is 29.9 Å². The third kappa shape index (κ3) is 2.99. The van der Waals surface area contributed by atoms with Gasteiger partial charge in [-0.15, -0.1) is 0 Å². The van der Waals surface area contributed by atoms with Crippen LogP contribution in [0.15, 0.2) is 22.7 Å². The number of hydrogen-bond donors (Lipinski definition) is 3. The number of hydrogen-bond acceptors (Lipinski definition) is 5. The Hall–Kier alpha value is -1.61. The van der Waals surface area contributed by atoms with E-state index >= 15 is 0 Å². The molecule has 0 saturated carbocycles. The highest BCUT2D eigenvalue weighted by Gasteiger charge is 2.26. The SMILES string of the molecule is CCN(CC(C)/C(N)=N/O)S(=O)(=O)c1cnc[nH]1. The summed E-state index contributed by atoms with van der Waals surface area (Å²) in [5.41, 5.74) is 5.44. The molecule has 0 radical (unpaired) electrons. The number of oxime groups is 1. The Labute approximate surface area is 106 Å². The smallest absolute Gasteiger partial charge is 0.260 e. The summed E-state index contributed by atoms with van der Waals surface area (Å²) in [6.45, 7) is 3.81. The van der Waals surface area contributed by atoms with Crippen LogP contribution in [0, 0.1) is 5.92 Å². The topological polar surface area (TPSA) is 125 Å². The van der Waals surface area contributed by atoms with Gasteiger partial charge in [0.2, 0.25) is 0 Å². The average Bonchev–Trinajstić information content (AvgIpc) is 2.88. The summed E-state index contributed by atoms with van der Waals surface area (Å²) in [6.07, 6.45) is 2.54. The van der Waals surface area contributed by atoms with Crippen molar-refractivity contribution >= 4 is 15.9 Å². The number of imidazole rings is 1. The van der Waals surface area contributed by atoms with E-state index in [9.17, 15) is 8.42 Å². The summed E-state index contributed by atoms with van der Waals surface area (Å²) >= 11 is 0. The van der Waals surface area contributed by atoms with Crippen LogP contribution in [0.5, 0.6) is 0 Å². The maximum atomic E-state index is 12.2. The molecule has 1 aromatic heterocycles. The fraction of sp³-hybridized carbons (Fsp3) is 0.556. The van der Waals surface area contributed by atoms with Crippen LogP contribution in [0.25, 0.3) is 0 Å². The largest absolute Gasteiger partial charge is 0.409 e. The first-order valence-electron chi connectivity index (χ1n) is 5.39. The Morgan fingerprint density at radius 2 is 2.39 bits per heavy atom. The van der Waals surface area contributed by atoms with Crippen LogP contribution in [0.4, 0.5) is 0 Å². The van der Waals surface area contributed by atoms with Crippen molar-refractivity contribution in [3.63, 3.8) is 0 Å². The molecule has 0 spiro atoms. The second kappa shape index (κ2) is 5.83. The van der Waals surface area contributed by atoms with Gasteiger partial charge in [0.1, 0.15) is 5.84 Å². The van der Waals surface area contributed by atoms with E-state index in [0.717, 1.165) is 0 Å². The second-order valence-electron chi connectivity index (χ2n) is 3.80. The normalized spacial score (nSPS) is 14.9. The molecule has 1 rings (SSSR count). The Morgan fingerprint density at radius 1 is 1.72 bits per heavy atom. The number of aromatic nitrogens is 2. The van der Waals surface area contributed by atoms with Gasteiger partial charge in [0.05, 0.1) is 12.5 Å². The van der Waals surface area contributed by atoms with Gasteiger partial charge in [-0.1, -0.05) is 19.0 Å². The van der Waals surface area contributed by atoms with E-state index in [1.165, 1.54) is 16.8 Å². The molecule has 9 heteroatoms. The summed E-state index contributed by atoms with van der Waals surface area (Å²) in [5.74, 6) is -0.388. The minimum atomic E-state index is -3.62. The van der Waals surface area contributed by atoms with Crippen molar-refractivity contribution in [2.45, 2.75) is 18.9 Å². The lowest BCUT2D eigenvalue weighted by molar-refractivity contribution is 0.311. The van der Waals surface area contributed by atoms with Gasteiger partial charge in [-0.2, -0.15) is 4.31 Å². The molecular weight excluding hydrogens is 258 g/mol. The minimum absolute atomic E-state index is 0.00624. The summed E-state index contributed by atoms with van der Waals surface area (Å²) in [5, 5.41) is 11.5. The molecule has 0 bridgehead atoms. The molecule has 0 saturated heterocycles. The Bertz CT molecular complexity index is 496. The lowest BCUT2D eigenvalue weighted by Gasteiger charge is -2.22. The van der Waals surface area contributed by atoms with Crippen LogP contribution < -0.4 is 5.73 Å². The number of sulfonamides is 1. The predicted octanol–water partition coefficient (Wildman–Crippen LogP) is -0.197. The van der Waals surface area contributed by atoms with E-state index in [1.807, 2.05) is 0 Å². The monoisotopic (exact) mass is 275 g/mol. The summed E-state index contributed by atoms with van der Waals surface area (Å²) in [7, 11) is -3.62. The number of rotatable bonds is 6. The molecule has 0 aromatic carbocycles. The van der Waals surface area contributed by atoms with E-state index in [2.05, 4.69) is 15.1 Å². The molecule has 1 unspecified atom stereocenters. The quantitative estimate of drug-likeness (QED) is 0.287. The fourth-order valence-electron chi connectivity index (χ4n) is 1.42. The summed E-state index contributed by atoms with van der Waals surface area (Å²) in [6, 6.07) is 0. The summed E-state index contributed by atoms with van der Waals surface area (Å²) in [4.78, 5) is 6.24. The molecule has 0 aliphatic rings. The molecule has 0 amide bonds. The number of H-pyrrole nitrogens is 1. The number of nitrogens with two attached hydrogens (primary N) is 1. The van der Waals surface area contributed by atoms with E-state index in [1.54, 1.807) is 13.8 Å². The van der Waals surface area contributed by atoms with Crippen LogP contribution >= 0.6 is 0 Å². The molecule has 1 atom stereocenters. The van der Waals surface area contributed by atoms with Crippen LogP contribution in [-0.2, 0) is 10.0 Å². The molecule has 8 nitrogen and oxygen atoms in total. The number of aromatic amines is 1. The van der Waals surface area contributed by atoms with Crippen molar-refractivity contribution < 1.29 is 13.6 Å². The number of nitrogens with one attached hydrogen (secondary N) is 1. The maximum Gasteiger partial charge on any atom is 0.260 e. The van der Waals surface area contributed by atoms with Crippen molar-refractivity contribution in [1.82, 2.24) is 14.3 Å². The highest BCUT2D eigenvalue weighted by molar-refractivity contribution is 7.89. The van der Waals surface area contributed by atoms with Gasteiger partial charge in [-0.05, 0) is 0 Å². The highest BCUT2D eigenvalue weighted by atomic mass is 32.2. The zero-order valence-electron chi connectivity index (χ0n) is 10.2. The first kappa shape index (κ1) is 14.5. The van der Waals surface area contributed by atoms with Crippen LogP contribution in [-0.4, -0.2) is 46.8 Å². The van der Waals surface area contributed by atoms with Crippen molar-refractivity contribution in [3.05, 3.63) is 12.5 Å². The van der Waals surface area contributed by atoms with Crippen molar-refractivity contribution in [2.75, 3.05) is 13.1 Å². The van der Waals surface area contributed by atoms with Crippen LogP contribution in [0.2, 0.25) is 0 Å². The van der Waals surface area contributed by atoms with E-state index < -0.39 is 10.0 Å². The van der Waals surface area contributed by atoms with Crippen molar-refractivity contribution in [1.29, 1.82) is 0 Å². The van der Waals surface area contributed by atoms with Gasteiger partial charge >= 0.3 is 0 Å². The van der Waals surface area contributed by atoms with Gasteiger partial charge in [0.25, 0.3) is 10.0 Å². The summed E-state index contributed by atoms with van der Waals surface area (Å²) < 4.78 is 25.6. The second-order valence-corrected chi connectivity index (χ2v) is 5.70. The first-order valence-corrected chi connectivity index (χ1v) is 6.83. The van der Waals surface area contributed by atoms with E-state index in [0.29, 0.717) is 0 Å². The minimum Gasteiger partial charge on any atom is -0.409 e. The molecule has 1 heterocycles. The van der Waals surface area contributed by atoms with Gasteiger partial charge in [-0.25, -0.2) is 13.4 Å². The predicted molar refractivity (Wildman–Crippen MR) is 65.6 cm³/mol. The molecule has 0 aliphatic carbocycles. The molecule has 18 heavy (non-hydrogen) atoms. The van der Waals surface area contributed by atoms with Crippen LogP contribution in [0.1, 0.15) is 13.8 Å². The third-order valence-corrected chi connectivity index (χ3v) is 4.41. The van der Waals surface area contributed by atoms with Crippen LogP contribution in [0.3, 0.4) is 0 Å². The molecule has 0 aliphatic heterocycles. The fourth-order valence-corrected chi connectivity index (χ4v) is 2.85. The lowest BCUT2D eigenvalue weighted by Crippen LogP contribution is -2.38. The standard InChI is InChI=1S/C9H17N5O3S/c1-3-14(5-7(2)9(10)13-15)18(16,17)8-4-11-6-12-8/h4,6-7,15H,3,5H2,1-2H3,(H2,10,13)(H,11,12). The number of nitrogens with zero attached hydrogens (tertiary/aromatic N) is 3. The average molecular weight is 275 g/mol.